The summed E-state index contributed by atoms with van der Waals surface area (Å²) in [6, 6.07) is 11.2. The lowest BCUT2D eigenvalue weighted by atomic mass is 10.0. The molecular weight excluding hydrogens is 252 g/mol. The Labute approximate surface area is 120 Å². The molecule has 110 valence electrons. The molecule has 0 radical (unpaired) electrons. The molecular formula is C15H24N4O. The maximum atomic E-state index is 8.48. The summed E-state index contributed by atoms with van der Waals surface area (Å²) >= 11 is 0. The molecule has 1 fully saturated rings. The Morgan fingerprint density at radius 1 is 1.30 bits per heavy atom. The van der Waals surface area contributed by atoms with Gasteiger partial charge in [-0.1, -0.05) is 35.5 Å². The molecule has 0 aliphatic carbocycles. The van der Waals surface area contributed by atoms with E-state index in [4.69, 9.17) is 10.9 Å². The number of nitrogens with zero attached hydrogens (tertiary/aromatic N) is 2. The van der Waals surface area contributed by atoms with Crippen LogP contribution >= 0.6 is 0 Å². The van der Waals surface area contributed by atoms with E-state index in [0.717, 1.165) is 39.0 Å². The van der Waals surface area contributed by atoms with Crippen molar-refractivity contribution in [2.45, 2.75) is 31.8 Å². The first kappa shape index (κ1) is 14.8. The van der Waals surface area contributed by atoms with Crippen LogP contribution < -0.4 is 11.1 Å². The Balaban J connectivity index is 1.65. The van der Waals surface area contributed by atoms with Crippen molar-refractivity contribution in [2.24, 2.45) is 10.9 Å². The average molecular weight is 276 g/mol. The van der Waals surface area contributed by atoms with E-state index in [1.807, 2.05) is 0 Å². The maximum Gasteiger partial charge on any atom is 0.140 e. The smallest absolute Gasteiger partial charge is 0.140 e. The van der Waals surface area contributed by atoms with Crippen molar-refractivity contribution in [1.29, 1.82) is 0 Å². The number of amidine groups is 1. The van der Waals surface area contributed by atoms with Crippen LogP contribution in [0, 0.1) is 0 Å². The van der Waals surface area contributed by atoms with Crippen LogP contribution in [0.2, 0.25) is 0 Å². The standard InChI is InChI=1S/C15H24N4O/c16-15(18-20)6-9-17-14-7-10-19(11-8-14)12-13-4-2-1-3-5-13/h1-5,14,17,20H,6-12H2,(H2,16,18). The first-order valence-electron chi connectivity index (χ1n) is 7.24. The first-order valence-corrected chi connectivity index (χ1v) is 7.24. The van der Waals surface area contributed by atoms with E-state index in [1.165, 1.54) is 5.56 Å². The summed E-state index contributed by atoms with van der Waals surface area (Å²) in [5, 5.41) is 14.9. The zero-order valence-corrected chi connectivity index (χ0v) is 11.8. The number of likely N-dealkylation sites (tertiary alicyclic amines) is 1. The van der Waals surface area contributed by atoms with Gasteiger partial charge in [-0.05, 0) is 31.5 Å². The fraction of sp³-hybridized carbons (Fsp3) is 0.533. The third-order valence-electron chi connectivity index (χ3n) is 3.78. The lowest BCUT2D eigenvalue weighted by Gasteiger charge is -2.32. The molecule has 0 unspecified atom stereocenters. The van der Waals surface area contributed by atoms with Crippen LogP contribution in [0.4, 0.5) is 0 Å². The minimum atomic E-state index is 0.291. The van der Waals surface area contributed by atoms with E-state index >= 15 is 0 Å². The lowest BCUT2D eigenvalue weighted by Crippen LogP contribution is -2.42. The van der Waals surface area contributed by atoms with Crippen molar-refractivity contribution < 1.29 is 5.21 Å². The van der Waals surface area contributed by atoms with E-state index in [0.29, 0.717) is 18.3 Å². The van der Waals surface area contributed by atoms with E-state index in [1.54, 1.807) is 0 Å². The highest BCUT2D eigenvalue weighted by molar-refractivity contribution is 5.79. The van der Waals surface area contributed by atoms with Gasteiger partial charge in [-0.2, -0.15) is 0 Å². The summed E-state index contributed by atoms with van der Waals surface area (Å²) in [4.78, 5) is 2.50. The van der Waals surface area contributed by atoms with E-state index in [9.17, 15) is 0 Å². The molecule has 5 nitrogen and oxygen atoms in total. The van der Waals surface area contributed by atoms with Gasteiger partial charge in [-0.15, -0.1) is 0 Å². The topological polar surface area (TPSA) is 73.9 Å². The third-order valence-corrected chi connectivity index (χ3v) is 3.78. The fourth-order valence-corrected chi connectivity index (χ4v) is 2.59. The van der Waals surface area contributed by atoms with Gasteiger partial charge < -0.3 is 16.3 Å². The molecule has 0 saturated carbocycles. The molecule has 0 aromatic heterocycles. The molecule has 4 N–H and O–H groups in total. The summed E-state index contributed by atoms with van der Waals surface area (Å²) < 4.78 is 0. The maximum absolute atomic E-state index is 8.48. The Morgan fingerprint density at radius 2 is 2.00 bits per heavy atom. The van der Waals surface area contributed by atoms with E-state index < -0.39 is 0 Å². The van der Waals surface area contributed by atoms with Crippen LogP contribution in [0.3, 0.4) is 0 Å². The van der Waals surface area contributed by atoms with Crippen molar-refractivity contribution in [1.82, 2.24) is 10.2 Å². The zero-order valence-electron chi connectivity index (χ0n) is 11.8. The number of rotatable bonds is 6. The molecule has 0 bridgehead atoms. The Kier molecular flexibility index (Phi) is 5.83. The quantitative estimate of drug-likeness (QED) is 0.317. The monoisotopic (exact) mass is 276 g/mol. The molecule has 2 rings (SSSR count). The summed E-state index contributed by atoms with van der Waals surface area (Å²) in [5.41, 5.74) is 6.83. The van der Waals surface area contributed by atoms with Gasteiger partial charge in [0.25, 0.3) is 0 Å². The van der Waals surface area contributed by atoms with Crippen molar-refractivity contribution in [3.8, 4) is 0 Å². The SMILES string of the molecule is NC(CCNC1CCN(Cc2ccccc2)CC1)=NO. The molecule has 0 amide bonds. The first-order chi connectivity index (χ1) is 9.78. The normalized spacial score (nSPS) is 18.3. The van der Waals surface area contributed by atoms with Gasteiger partial charge in [0, 0.05) is 25.6 Å². The number of nitrogens with two attached hydrogens (primary N) is 1. The Morgan fingerprint density at radius 3 is 2.65 bits per heavy atom. The van der Waals surface area contributed by atoms with Gasteiger partial charge in [0.05, 0.1) is 0 Å². The van der Waals surface area contributed by atoms with Gasteiger partial charge in [-0.25, -0.2) is 0 Å². The number of hydrogen-bond donors (Lipinski definition) is 3. The van der Waals surface area contributed by atoms with E-state index in [2.05, 4.69) is 45.7 Å². The molecule has 0 spiro atoms. The van der Waals surface area contributed by atoms with Crippen molar-refractivity contribution in [3.05, 3.63) is 35.9 Å². The molecule has 1 saturated heterocycles. The van der Waals surface area contributed by atoms with Crippen LogP contribution in [0.5, 0.6) is 0 Å². The number of oxime groups is 1. The molecule has 0 atom stereocenters. The second-order valence-corrected chi connectivity index (χ2v) is 5.33. The molecule has 1 aromatic rings. The minimum absolute atomic E-state index is 0.291. The number of hydrogen-bond acceptors (Lipinski definition) is 4. The summed E-state index contributed by atoms with van der Waals surface area (Å²) in [6.07, 6.45) is 2.91. The van der Waals surface area contributed by atoms with Crippen LogP contribution in [0.15, 0.2) is 35.5 Å². The molecule has 1 heterocycles. The largest absolute Gasteiger partial charge is 0.409 e. The van der Waals surface area contributed by atoms with Gasteiger partial charge in [-0.3, -0.25) is 4.90 Å². The van der Waals surface area contributed by atoms with Crippen molar-refractivity contribution >= 4 is 5.84 Å². The van der Waals surface area contributed by atoms with Gasteiger partial charge in [0.15, 0.2) is 0 Å². The van der Waals surface area contributed by atoms with Gasteiger partial charge in [0.1, 0.15) is 5.84 Å². The molecule has 1 aliphatic heterocycles. The van der Waals surface area contributed by atoms with Crippen LogP contribution in [-0.2, 0) is 6.54 Å². The zero-order chi connectivity index (χ0) is 14.2. The average Bonchev–Trinajstić information content (AvgIpc) is 2.50. The highest BCUT2D eigenvalue weighted by Crippen LogP contribution is 2.13. The van der Waals surface area contributed by atoms with Crippen molar-refractivity contribution in [2.75, 3.05) is 19.6 Å². The Bertz CT molecular complexity index is 413. The second-order valence-electron chi connectivity index (χ2n) is 5.33. The second kappa shape index (κ2) is 7.87. The summed E-state index contributed by atoms with van der Waals surface area (Å²) in [6.45, 7) is 4.06. The van der Waals surface area contributed by atoms with Gasteiger partial charge >= 0.3 is 0 Å². The minimum Gasteiger partial charge on any atom is -0.409 e. The lowest BCUT2D eigenvalue weighted by molar-refractivity contribution is 0.191. The Hall–Kier alpha value is -1.59. The highest BCUT2D eigenvalue weighted by Gasteiger charge is 2.18. The summed E-state index contributed by atoms with van der Waals surface area (Å²) in [7, 11) is 0. The number of piperidine rings is 1. The highest BCUT2D eigenvalue weighted by atomic mass is 16.4. The molecule has 1 aliphatic rings. The predicted molar refractivity (Wildman–Crippen MR) is 80.8 cm³/mol. The summed E-state index contributed by atoms with van der Waals surface area (Å²) in [5.74, 6) is 0.291. The predicted octanol–water partition coefficient (Wildman–Crippen LogP) is 1.38. The molecule has 1 aromatic carbocycles. The third kappa shape index (κ3) is 4.83. The molecule has 5 heteroatoms. The van der Waals surface area contributed by atoms with Crippen LogP contribution in [-0.4, -0.2) is 41.6 Å². The number of nitrogens with one attached hydrogen (secondary N) is 1. The van der Waals surface area contributed by atoms with Crippen LogP contribution in [0.25, 0.3) is 0 Å². The number of benzene rings is 1. The van der Waals surface area contributed by atoms with Crippen LogP contribution in [0.1, 0.15) is 24.8 Å². The fourth-order valence-electron chi connectivity index (χ4n) is 2.59. The van der Waals surface area contributed by atoms with Crippen molar-refractivity contribution in [3.63, 3.8) is 0 Å². The van der Waals surface area contributed by atoms with Gasteiger partial charge in [0.2, 0.25) is 0 Å². The molecule has 20 heavy (non-hydrogen) atoms. The van der Waals surface area contributed by atoms with E-state index in [-0.39, 0.29) is 0 Å².